The standard InChI is InChI=1S/C25H27N3O2/c1-16-6-12-22(18(3)14-16)27-24(26-20-8-10-21(30-5)11-9-20)25(29)28-23-13-7-17(2)15-19(23)4/h6-15H,1-5H3,(H,26,27)(H,28,29). The molecule has 1 amide bonds. The van der Waals surface area contributed by atoms with E-state index in [1.807, 2.05) is 88.4 Å². The van der Waals surface area contributed by atoms with E-state index in [2.05, 4.69) is 15.6 Å². The molecule has 0 aliphatic heterocycles. The highest BCUT2D eigenvalue weighted by Crippen LogP contribution is 2.22. The van der Waals surface area contributed by atoms with Crippen LogP contribution >= 0.6 is 0 Å². The number of carbonyl (C=O) groups excluding carboxylic acids is 1. The van der Waals surface area contributed by atoms with Crippen molar-refractivity contribution in [1.82, 2.24) is 0 Å². The number of anilines is 2. The van der Waals surface area contributed by atoms with Crippen molar-refractivity contribution in [2.75, 3.05) is 17.7 Å². The summed E-state index contributed by atoms with van der Waals surface area (Å²) in [6, 6.07) is 19.2. The first-order valence-corrected chi connectivity index (χ1v) is 9.81. The van der Waals surface area contributed by atoms with Gasteiger partial charge in [0.1, 0.15) is 5.75 Å². The first-order valence-electron chi connectivity index (χ1n) is 9.81. The number of hydrogen-bond donors (Lipinski definition) is 2. The van der Waals surface area contributed by atoms with E-state index in [1.165, 1.54) is 0 Å². The first kappa shape index (κ1) is 21.1. The molecule has 3 aromatic rings. The summed E-state index contributed by atoms with van der Waals surface area (Å²) in [5.41, 5.74) is 6.54. The van der Waals surface area contributed by atoms with E-state index >= 15 is 0 Å². The summed E-state index contributed by atoms with van der Waals surface area (Å²) in [6.07, 6.45) is 0. The SMILES string of the molecule is COc1ccc(NC(=Nc2ccc(C)cc2C)C(=O)Nc2ccc(C)cc2C)cc1. The van der Waals surface area contributed by atoms with Crippen LogP contribution in [0.1, 0.15) is 22.3 Å². The predicted molar refractivity (Wildman–Crippen MR) is 124 cm³/mol. The van der Waals surface area contributed by atoms with Gasteiger partial charge >= 0.3 is 0 Å². The number of benzene rings is 3. The van der Waals surface area contributed by atoms with Gasteiger partial charge in [-0.25, -0.2) is 4.99 Å². The quantitative estimate of drug-likeness (QED) is 0.435. The Morgan fingerprint density at radius 3 is 2.03 bits per heavy atom. The van der Waals surface area contributed by atoms with Crippen LogP contribution < -0.4 is 15.4 Å². The fraction of sp³-hybridized carbons (Fsp3) is 0.200. The lowest BCUT2D eigenvalue weighted by Gasteiger charge is -2.14. The van der Waals surface area contributed by atoms with Gasteiger partial charge in [0.15, 0.2) is 5.84 Å². The smallest absolute Gasteiger partial charge is 0.291 e. The molecule has 0 atom stereocenters. The topological polar surface area (TPSA) is 62.7 Å². The summed E-state index contributed by atoms with van der Waals surface area (Å²) >= 11 is 0. The molecule has 0 fully saturated rings. The van der Waals surface area contributed by atoms with Crippen LogP contribution in [0.5, 0.6) is 5.75 Å². The summed E-state index contributed by atoms with van der Waals surface area (Å²) in [6.45, 7) is 8.01. The van der Waals surface area contributed by atoms with E-state index in [4.69, 9.17) is 4.74 Å². The molecule has 0 aliphatic rings. The number of hydrogen-bond acceptors (Lipinski definition) is 3. The Morgan fingerprint density at radius 1 is 0.800 bits per heavy atom. The third-order valence-corrected chi connectivity index (χ3v) is 4.78. The van der Waals surface area contributed by atoms with E-state index < -0.39 is 0 Å². The van der Waals surface area contributed by atoms with E-state index in [-0.39, 0.29) is 11.7 Å². The molecule has 30 heavy (non-hydrogen) atoms. The number of carbonyl (C=O) groups is 1. The monoisotopic (exact) mass is 401 g/mol. The number of amidine groups is 1. The second kappa shape index (κ2) is 9.27. The third kappa shape index (κ3) is 5.26. The second-order valence-electron chi connectivity index (χ2n) is 7.38. The largest absolute Gasteiger partial charge is 0.497 e. The Balaban J connectivity index is 1.94. The van der Waals surface area contributed by atoms with Gasteiger partial charge in [0, 0.05) is 11.4 Å². The molecule has 5 heteroatoms. The van der Waals surface area contributed by atoms with Crippen LogP contribution in [0.2, 0.25) is 0 Å². The van der Waals surface area contributed by atoms with Gasteiger partial charge in [-0.15, -0.1) is 0 Å². The molecule has 0 saturated heterocycles. The zero-order valence-corrected chi connectivity index (χ0v) is 18.0. The van der Waals surface area contributed by atoms with Crippen LogP contribution in [0, 0.1) is 27.7 Å². The number of nitrogens with zero attached hydrogens (tertiary/aromatic N) is 1. The Labute approximate surface area is 177 Å². The maximum absolute atomic E-state index is 13.1. The summed E-state index contributed by atoms with van der Waals surface area (Å²) in [7, 11) is 1.62. The molecule has 0 aromatic heterocycles. The zero-order chi connectivity index (χ0) is 21.7. The number of aliphatic imine (C=N–C) groups is 1. The van der Waals surface area contributed by atoms with Gasteiger partial charge in [-0.3, -0.25) is 4.79 Å². The highest BCUT2D eigenvalue weighted by atomic mass is 16.5. The molecular formula is C25H27N3O2. The highest BCUT2D eigenvalue weighted by molar-refractivity contribution is 6.46. The first-order chi connectivity index (χ1) is 14.4. The lowest BCUT2D eigenvalue weighted by Crippen LogP contribution is -2.29. The molecule has 0 saturated carbocycles. The molecule has 2 N–H and O–H groups in total. The van der Waals surface area contributed by atoms with Crippen LogP contribution in [0.4, 0.5) is 17.1 Å². The minimum Gasteiger partial charge on any atom is -0.497 e. The molecule has 154 valence electrons. The molecule has 0 unspecified atom stereocenters. The van der Waals surface area contributed by atoms with Gasteiger partial charge < -0.3 is 15.4 Å². The molecule has 0 radical (unpaired) electrons. The fourth-order valence-electron chi connectivity index (χ4n) is 3.13. The fourth-order valence-corrected chi connectivity index (χ4v) is 3.13. The van der Waals surface area contributed by atoms with Gasteiger partial charge in [-0.1, -0.05) is 35.4 Å². The Kier molecular flexibility index (Phi) is 6.52. The van der Waals surface area contributed by atoms with E-state index in [1.54, 1.807) is 7.11 Å². The average molecular weight is 402 g/mol. The van der Waals surface area contributed by atoms with E-state index in [0.717, 1.165) is 45.1 Å². The van der Waals surface area contributed by atoms with Crippen molar-refractivity contribution in [3.63, 3.8) is 0 Å². The summed E-state index contributed by atoms with van der Waals surface area (Å²) in [5, 5.41) is 6.13. The van der Waals surface area contributed by atoms with Crippen LogP contribution in [-0.2, 0) is 4.79 Å². The van der Waals surface area contributed by atoms with Crippen molar-refractivity contribution >= 4 is 28.8 Å². The number of ether oxygens (including phenoxy) is 1. The van der Waals surface area contributed by atoms with Crippen molar-refractivity contribution in [3.05, 3.63) is 82.9 Å². The molecular weight excluding hydrogens is 374 g/mol. The van der Waals surface area contributed by atoms with Gasteiger partial charge in [-0.05, 0) is 75.2 Å². The molecule has 0 aliphatic carbocycles. The predicted octanol–water partition coefficient (Wildman–Crippen LogP) is 5.71. The minimum absolute atomic E-state index is 0.215. The Bertz CT molecular complexity index is 1090. The van der Waals surface area contributed by atoms with Gasteiger partial charge in [0.25, 0.3) is 5.91 Å². The van der Waals surface area contributed by atoms with Crippen molar-refractivity contribution in [1.29, 1.82) is 0 Å². The van der Waals surface area contributed by atoms with Crippen molar-refractivity contribution < 1.29 is 9.53 Å². The molecule has 3 rings (SSSR count). The number of rotatable bonds is 4. The second-order valence-corrected chi connectivity index (χ2v) is 7.38. The van der Waals surface area contributed by atoms with E-state index in [0.29, 0.717) is 0 Å². The molecule has 0 bridgehead atoms. The maximum atomic E-state index is 13.1. The average Bonchev–Trinajstić information content (AvgIpc) is 2.72. The maximum Gasteiger partial charge on any atom is 0.291 e. The van der Waals surface area contributed by atoms with Crippen molar-refractivity contribution in [2.24, 2.45) is 4.99 Å². The van der Waals surface area contributed by atoms with Crippen LogP contribution in [-0.4, -0.2) is 18.9 Å². The van der Waals surface area contributed by atoms with Crippen LogP contribution in [0.25, 0.3) is 0 Å². The molecule has 3 aromatic carbocycles. The third-order valence-electron chi connectivity index (χ3n) is 4.78. The molecule has 5 nitrogen and oxygen atoms in total. The normalized spacial score (nSPS) is 11.2. The van der Waals surface area contributed by atoms with Gasteiger partial charge in [0.2, 0.25) is 0 Å². The number of methoxy groups -OCH3 is 1. The Morgan fingerprint density at radius 2 is 1.43 bits per heavy atom. The van der Waals surface area contributed by atoms with Crippen LogP contribution in [0.15, 0.2) is 65.7 Å². The van der Waals surface area contributed by atoms with Crippen molar-refractivity contribution in [2.45, 2.75) is 27.7 Å². The lowest BCUT2D eigenvalue weighted by atomic mass is 10.1. The summed E-state index contributed by atoms with van der Waals surface area (Å²) < 4.78 is 5.21. The summed E-state index contributed by atoms with van der Waals surface area (Å²) in [5.74, 6) is 0.651. The molecule has 0 spiro atoms. The summed E-state index contributed by atoms with van der Waals surface area (Å²) in [4.78, 5) is 17.8. The van der Waals surface area contributed by atoms with Crippen molar-refractivity contribution in [3.8, 4) is 5.75 Å². The van der Waals surface area contributed by atoms with E-state index in [9.17, 15) is 4.79 Å². The number of aryl methyl sites for hydroxylation is 4. The Hall–Kier alpha value is -3.60. The number of nitrogens with one attached hydrogen (secondary N) is 2. The zero-order valence-electron chi connectivity index (χ0n) is 18.0. The van der Waals surface area contributed by atoms with Gasteiger partial charge in [-0.2, -0.15) is 0 Å². The lowest BCUT2D eigenvalue weighted by molar-refractivity contribution is -0.110. The number of amides is 1. The highest BCUT2D eigenvalue weighted by Gasteiger charge is 2.15. The van der Waals surface area contributed by atoms with Gasteiger partial charge in [0.05, 0.1) is 12.8 Å². The molecule has 0 heterocycles. The van der Waals surface area contributed by atoms with Crippen LogP contribution in [0.3, 0.4) is 0 Å². The minimum atomic E-state index is -0.308.